The van der Waals surface area contributed by atoms with Gasteiger partial charge < -0.3 is 24.2 Å². The van der Waals surface area contributed by atoms with Crippen LogP contribution in [0.1, 0.15) is 56.1 Å². The van der Waals surface area contributed by atoms with Crippen molar-refractivity contribution in [3.05, 3.63) is 41.2 Å². The van der Waals surface area contributed by atoms with Crippen molar-refractivity contribution in [1.82, 2.24) is 19.9 Å². The third-order valence-corrected chi connectivity index (χ3v) is 9.66. The summed E-state index contributed by atoms with van der Waals surface area (Å²) in [5.41, 5.74) is 3.13. The van der Waals surface area contributed by atoms with Crippen LogP contribution in [0.3, 0.4) is 0 Å². The Bertz CT molecular complexity index is 1610. The van der Waals surface area contributed by atoms with Crippen molar-refractivity contribution >= 4 is 16.7 Å². The summed E-state index contributed by atoms with van der Waals surface area (Å²) < 4.78 is 49.2. The lowest BCUT2D eigenvalue weighted by Crippen LogP contribution is -2.43. The molecule has 3 saturated heterocycles. The number of aromatic nitrogens is 3. The second kappa shape index (κ2) is 11.4. The Labute approximate surface area is 255 Å². The van der Waals surface area contributed by atoms with Gasteiger partial charge in [-0.05, 0) is 61.3 Å². The van der Waals surface area contributed by atoms with Crippen LogP contribution in [0.2, 0.25) is 0 Å². The van der Waals surface area contributed by atoms with Gasteiger partial charge >= 0.3 is 6.01 Å². The van der Waals surface area contributed by atoms with Crippen molar-refractivity contribution in [2.24, 2.45) is 0 Å². The van der Waals surface area contributed by atoms with E-state index < -0.39 is 17.5 Å². The zero-order valence-electron chi connectivity index (χ0n) is 25.4. The number of rotatable bonds is 6. The van der Waals surface area contributed by atoms with E-state index in [1.54, 1.807) is 12.1 Å². The number of fused-ring (bicyclic) bond motifs is 3. The van der Waals surface area contributed by atoms with Gasteiger partial charge in [0.1, 0.15) is 40.9 Å². The number of halogens is 2. The standard InChI is InChI=1S/C33H39F2N5O4/c1-19-14-33(15-22(34)17-40(33)16-19)18-44-32-37-29-26(30(38-32)39-8-5-10-43-11-9-39)31(42-3)36-28(27(29)35)24-13-23(41)12-21-7-4-6-20(2)25(21)24/h12-13,20,22,41H,1,4-11,14-18H2,2-3H3. The van der Waals surface area contributed by atoms with Crippen LogP contribution >= 0.6 is 0 Å². The van der Waals surface area contributed by atoms with E-state index in [2.05, 4.69) is 23.4 Å². The molecule has 3 fully saturated rings. The predicted molar refractivity (Wildman–Crippen MR) is 163 cm³/mol. The highest BCUT2D eigenvalue weighted by Crippen LogP contribution is 2.45. The van der Waals surface area contributed by atoms with Crippen molar-refractivity contribution in [2.45, 2.75) is 63.1 Å². The van der Waals surface area contributed by atoms with Crippen LogP contribution in [-0.4, -0.2) is 89.8 Å². The lowest BCUT2D eigenvalue weighted by molar-refractivity contribution is 0.107. The molecule has 4 aliphatic rings. The van der Waals surface area contributed by atoms with Crippen molar-refractivity contribution in [3.8, 4) is 28.9 Å². The van der Waals surface area contributed by atoms with Crippen molar-refractivity contribution in [2.75, 3.05) is 58.0 Å². The molecule has 1 aliphatic carbocycles. The zero-order valence-corrected chi connectivity index (χ0v) is 25.4. The van der Waals surface area contributed by atoms with Gasteiger partial charge in [-0.15, -0.1) is 0 Å². The molecular weight excluding hydrogens is 568 g/mol. The van der Waals surface area contributed by atoms with Gasteiger partial charge in [0, 0.05) is 44.8 Å². The molecule has 44 heavy (non-hydrogen) atoms. The summed E-state index contributed by atoms with van der Waals surface area (Å²) in [6, 6.07) is 3.36. The number of hydrogen-bond acceptors (Lipinski definition) is 9. The van der Waals surface area contributed by atoms with Gasteiger partial charge in [0.05, 0.1) is 19.3 Å². The number of aryl methyl sites for hydroxylation is 1. The number of phenols is 1. The smallest absolute Gasteiger partial charge is 0.319 e. The Morgan fingerprint density at radius 3 is 2.89 bits per heavy atom. The molecule has 0 radical (unpaired) electrons. The highest BCUT2D eigenvalue weighted by molar-refractivity contribution is 5.97. The van der Waals surface area contributed by atoms with Gasteiger partial charge in [0.25, 0.3) is 0 Å². The molecule has 3 aliphatic heterocycles. The summed E-state index contributed by atoms with van der Waals surface area (Å²) in [4.78, 5) is 18.3. The summed E-state index contributed by atoms with van der Waals surface area (Å²) in [7, 11) is 1.50. The largest absolute Gasteiger partial charge is 0.508 e. The van der Waals surface area contributed by atoms with Crippen molar-refractivity contribution < 1.29 is 28.1 Å². The minimum absolute atomic E-state index is 0.0104. The average Bonchev–Trinajstić information content (AvgIpc) is 3.29. The molecule has 234 valence electrons. The van der Waals surface area contributed by atoms with Crippen LogP contribution in [-0.2, 0) is 11.2 Å². The molecule has 3 unspecified atom stereocenters. The number of phenolic OH excluding ortho intramolecular Hbond substituents is 1. The summed E-state index contributed by atoms with van der Waals surface area (Å²) in [6.45, 7) is 9.67. The maximum absolute atomic E-state index is 16.9. The fourth-order valence-corrected chi connectivity index (χ4v) is 7.75. The van der Waals surface area contributed by atoms with E-state index in [9.17, 15) is 9.50 Å². The first kappa shape index (κ1) is 29.2. The average molecular weight is 608 g/mol. The number of anilines is 1. The second-order valence-electron chi connectivity index (χ2n) is 12.8. The topological polar surface area (TPSA) is 93.1 Å². The van der Waals surface area contributed by atoms with Crippen LogP contribution in [0.15, 0.2) is 24.3 Å². The van der Waals surface area contributed by atoms with E-state index in [0.717, 1.165) is 42.4 Å². The Hall–Kier alpha value is -3.57. The molecule has 2 aromatic heterocycles. The normalized spacial score (nSPS) is 25.6. The quantitative estimate of drug-likeness (QED) is 0.373. The molecule has 0 bridgehead atoms. The fourth-order valence-electron chi connectivity index (χ4n) is 7.75. The molecule has 1 aromatic carbocycles. The van der Waals surface area contributed by atoms with E-state index in [-0.39, 0.29) is 41.4 Å². The van der Waals surface area contributed by atoms with Crippen LogP contribution in [0.5, 0.6) is 17.6 Å². The molecule has 0 saturated carbocycles. The summed E-state index contributed by atoms with van der Waals surface area (Å²) in [6.07, 6.45) is 3.57. The number of aromatic hydroxyl groups is 1. The summed E-state index contributed by atoms with van der Waals surface area (Å²) in [5, 5.41) is 11.0. The number of methoxy groups -OCH3 is 1. The summed E-state index contributed by atoms with van der Waals surface area (Å²) >= 11 is 0. The molecule has 7 rings (SSSR count). The van der Waals surface area contributed by atoms with E-state index in [1.165, 1.54) is 7.11 Å². The van der Waals surface area contributed by atoms with Gasteiger partial charge in [-0.3, -0.25) is 4.90 Å². The van der Waals surface area contributed by atoms with Gasteiger partial charge in [-0.1, -0.05) is 19.1 Å². The van der Waals surface area contributed by atoms with Crippen LogP contribution in [0.4, 0.5) is 14.6 Å². The minimum Gasteiger partial charge on any atom is -0.508 e. The number of alkyl halides is 1. The number of ether oxygens (including phenoxy) is 3. The lowest BCUT2D eigenvalue weighted by atomic mass is 9.80. The number of nitrogens with zero attached hydrogens (tertiary/aromatic N) is 5. The molecule has 5 heterocycles. The highest BCUT2D eigenvalue weighted by atomic mass is 19.1. The summed E-state index contributed by atoms with van der Waals surface area (Å²) in [5.74, 6) is 0.246. The minimum atomic E-state index is -0.942. The van der Waals surface area contributed by atoms with E-state index in [1.807, 2.05) is 4.90 Å². The maximum atomic E-state index is 16.9. The molecule has 1 N–H and O–H groups in total. The molecule has 0 amide bonds. The van der Waals surface area contributed by atoms with Crippen LogP contribution in [0, 0.1) is 5.82 Å². The predicted octanol–water partition coefficient (Wildman–Crippen LogP) is 5.33. The highest BCUT2D eigenvalue weighted by Gasteiger charge is 2.50. The Morgan fingerprint density at radius 2 is 2.05 bits per heavy atom. The zero-order chi connectivity index (χ0) is 30.6. The lowest BCUT2D eigenvalue weighted by Gasteiger charge is -2.30. The Morgan fingerprint density at radius 1 is 1.18 bits per heavy atom. The second-order valence-corrected chi connectivity index (χ2v) is 12.8. The monoisotopic (exact) mass is 607 g/mol. The van der Waals surface area contributed by atoms with Gasteiger partial charge in [0.15, 0.2) is 5.82 Å². The molecule has 11 heteroatoms. The Kier molecular flexibility index (Phi) is 7.56. The molecule has 3 atom stereocenters. The first-order valence-electron chi connectivity index (χ1n) is 15.6. The third-order valence-electron chi connectivity index (χ3n) is 9.66. The first-order valence-corrected chi connectivity index (χ1v) is 15.6. The van der Waals surface area contributed by atoms with Gasteiger partial charge in [-0.25, -0.2) is 13.8 Å². The van der Waals surface area contributed by atoms with E-state index in [4.69, 9.17) is 24.2 Å². The molecule has 0 spiro atoms. The van der Waals surface area contributed by atoms with Gasteiger partial charge in [0.2, 0.25) is 5.88 Å². The molecule has 9 nitrogen and oxygen atoms in total. The van der Waals surface area contributed by atoms with Crippen molar-refractivity contribution in [3.63, 3.8) is 0 Å². The van der Waals surface area contributed by atoms with Crippen molar-refractivity contribution in [1.29, 1.82) is 0 Å². The van der Waals surface area contributed by atoms with Gasteiger partial charge in [-0.2, -0.15) is 9.97 Å². The molecular formula is C33H39F2N5O4. The number of hydrogen-bond donors (Lipinski definition) is 1. The number of pyridine rings is 1. The van der Waals surface area contributed by atoms with E-state index >= 15 is 4.39 Å². The molecule has 3 aromatic rings. The SMILES string of the molecule is C=C1CN2CC(F)CC2(COc2nc(N3CCCOCC3)c3c(OC)nc(-c4cc(O)cc5c4C(C)CCC5)c(F)c3n2)C1. The third kappa shape index (κ3) is 5.03. The fraction of sp³-hybridized carbons (Fsp3) is 0.545. The van der Waals surface area contributed by atoms with Crippen LogP contribution < -0.4 is 14.4 Å². The van der Waals surface area contributed by atoms with Crippen LogP contribution in [0.25, 0.3) is 22.2 Å². The maximum Gasteiger partial charge on any atom is 0.319 e. The Balaban J connectivity index is 1.38. The number of benzene rings is 1. The van der Waals surface area contributed by atoms with E-state index in [0.29, 0.717) is 69.0 Å². The first-order chi connectivity index (χ1) is 21.3.